The first-order valence-electron chi connectivity index (χ1n) is 7.22. The van der Waals surface area contributed by atoms with Crippen LogP contribution in [0, 0.1) is 5.82 Å². The van der Waals surface area contributed by atoms with Crippen LogP contribution in [-0.2, 0) is 4.79 Å². The minimum absolute atomic E-state index is 0. The molecule has 0 radical (unpaired) electrons. The summed E-state index contributed by atoms with van der Waals surface area (Å²) in [6.07, 6.45) is -1.30. The number of alkyl halides is 1. The lowest BCUT2D eigenvalue weighted by Crippen LogP contribution is -2.41. The zero-order chi connectivity index (χ0) is 16.6. The van der Waals surface area contributed by atoms with E-state index >= 15 is 4.39 Å². The summed E-state index contributed by atoms with van der Waals surface area (Å²) in [6, 6.07) is 11.2. The van der Waals surface area contributed by atoms with Crippen LogP contribution >= 0.6 is 24.0 Å². The number of hydrogen-bond donors (Lipinski definition) is 1. The van der Waals surface area contributed by atoms with Gasteiger partial charge in [-0.15, -0.1) is 12.4 Å². The lowest BCUT2D eigenvalue weighted by molar-refractivity contribution is -0.119. The molecule has 0 bridgehead atoms. The number of nitrogens with zero attached hydrogens (tertiary/aromatic N) is 1. The highest BCUT2D eigenvalue weighted by Gasteiger charge is 2.38. The molecule has 2 aromatic carbocycles. The van der Waals surface area contributed by atoms with Gasteiger partial charge in [0.15, 0.2) is 5.82 Å². The fourth-order valence-corrected chi connectivity index (χ4v) is 3.20. The van der Waals surface area contributed by atoms with Crippen LogP contribution in [0.2, 0.25) is 5.02 Å². The molecule has 7 heteroatoms. The molecular formula is C17H16Cl2F2N2O. The van der Waals surface area contributed by atoms with E-state index in [-0.39, 0.29) is 36.1 Å². The molecule has 1 aliphatic heterocycles. The summed E-state index contributed by atoms with van der Waals surface area (Å²) in [5.41, 5.74) is 6.37. The SMILES string of the molecule is Cl.NC(=O)C1CC(F)CN1c1c(Cl)ccc(-c2ccccc2)c1F. The van der Waals surface area contributed by atoms with Crippen molar-refractivity contribution in [1.82, 2.24) is 0 Å². The number of primary amides is 1. The molecular weight excluding hydrogens is 357 g/mol. The predicted octanol–water partition coefficient (Wildman–Crippen LogP) is 3.97. The molecule has 2 atom stereocenters. The highest BCUT2D eigenvalue weighted by atomic mass is 35.5. The molecule has 2 unspecified atom stereocenters. The molecule has 2 N–H and O–H groups in total. The van der Waals surface area contributed by atoms with Crippen molar-refractivity contribution in [3.05, 3.63) is 53.3 Å². The maximum atomic E-state index is 15.0. The Hall–Kier alpha value is -1.85. The Balaban J connectivity index is 0.00000208. The van der Waals surface area contributed by atoms with Crippen LogP contribution in [0.4, 0.5) is 14.5 Å². The number of nitrogens with two attached hydrogens (primary N) is 1. The van der Waals surface area contributed by atoms with Gasteiger partial charge >= 0.3 is 0 Å². The fourth-order valence-electron chi connectivity index (χ4n) is 2.95. The number of rotatable bonds is 3. The Bertz CT molecular complexity index is 743. The molecule has 3 rings (SSSR count). The summed E-state index contributed by atoms with van der Waals surface area (Å²) in [5.74, 6) is -1.27. The van der Waals surface area contributed by atoms with Crippen molar-refractivity contribution in [2.24, 2.45) is 5.73 Å². The molecule has 0 aliphatic carbocycles. The normalized spacial score (nSPS) is 19.9. The van der Waals surface area contributed by atoms with E-state index in [0.29, 0.717) is 11.1 Å². The summed E-state index contributed by atoms with van der Waals surface area (Å²) in [5, 5.41) is 0.127. The van der Waals surface area contributed by atoms with E-state index in [1.54, 1.807) is 36.4 Å². The van der Waals surface area contributed by atoms with E-state index < -0.39 is 23.9 Å². The second-order valence-corrected chi connectivity index (χ2v) is 5.93. The van der Waals surface area contributed by atoms with Crippen molar-refractivity contribution in [1.29, 1.82) is 0 Å². The standard InChI is InChI=1S/C17H15ClF2N2O.ClH/c18-13-7-6-12(10-4-2-1-3-5-10)15(20)16(13)22-9-11(19)8-14(22)17(21)23;/h1-7,11,14H,8-9H2,(H2,21,23);1H. The highest BCUT2D eigenvalue weighted by Crippen LogP contribution is 2.39. The highest BCUT2D eigenvalue weighted by molar-refractivity contribution is 6.33. The largest absolute Gasteiger partial charge is 0.368 e. The van der Waals surface area contributed by atoms with E-state index in [9.17, 15) is 9.18 Å². The van der Waals surface area contributed by atoms with Crippen LogP contribution in [-0.4, -0.2) is 24.7 Å². The first-order valence-corrected chi connectivity index (χ1v) is 7.60. The fraction of sp³-hybridized carbons (Fsp3) is 0.235. The van der Waals surface area contributed by atoms with Crippen LogP contribution in [0.5, 0.6) is 0 Å². The molecule has 3 nitrogen and oxygen atoms in total. The summed E-state index contributed by atoms with van der Waals surface area (Å²) in [4.78, 5) is 12.9. The minimum atomic E-state index is -1.25. The Labute approximate surface area is 149 Å². The first-order chi connectivity index (χ1) is 11.0. The second-order valence-electron chi connectivity index (χ2n) is 5.53. The van der Waals surface area contributed by atoms with Gasteiger partial charge in [-0.1, -0.05) is 41.9 Å². The van der Waals surface area contributed by atoms with Gasteiger partial charge in [-0.05, 0) is 17.7 Å². The third-order valence-electron chi connectivity index (χ3n) is 4.02. The quantitative estimate of drug-likeness (QED) is 0.885. The van der Waals surface area contributed by atoms with Crippen molar-refractivity contribution in [2.45, 2.75) is 18.6 Å². The number of carbonyl (C=O) groups excluding carboxylic acids is 1. The molecule has 1 fully saturated rings. The van der Waals surface area contributed by atoms with Crippen molar-refractivity contribution < 1.29 is 13.6 Å². The molecule has 0 aromatic heterocycles. The summed E-state index contributed by atoms with van der Waals surface area (Å²) in [7, 11) is 0. The summed E-state index contributed by atoms with van der Waals surface area (Å²) >= 11 is 6.13. The van der Waals surface area contributed by atoms with Gasteiger partial charge in [-0.2, -0.15) is 0 Å². The van der Waals surface area contributed by atoms with Crippen LogP contribution in [0.25, 0.3) is 11.1 Å². The van der Waals surface area contributed by atoms with Gasteiger partial charge in [-0.3, -0.25) is 4.79 Å². The van der Waals surface area contributed by atoms with Crippen molar-refractivity contribution in [3.63, 3.8) is 0 Å². The van der Waals surface area contributed by atoms with E-state index in [0.717, 1.165) is 0 Å². The predicted molar refractivity (Wildman–Crippen MR) is 93.9 cm³/mol. The first kappa shape index (κ1) is 18.5. The number of benzene rings is 2. The maximum absolute atomic E-state index is 15.0. The van der Waals surface area contributed by atoms with Gasteiger partial charge in [0, 0.05) is 12.0 Å². The zero-order valence-corrected chi connectivity index (χ0v) is 14.2. The second kappa shape index (κ2) is 7.36. The number of carbonyl (C=O) groups is 1. The van der Waals surface area contributed by atoms with Crippen molar-refractivity contribution in [3.8, 4) is 11.1 Å². The van der Waals surface area contributed by atoms with Crippen LogP contribution in [0.3, 0.4) is 0 Å². The molecule has 1 saturated heterocycles. The zero-order valence-electron chi connectivity index (χ0n) is 12.6. The minimum Gasteiger partial charge on any atom is -0.368 e. The average Bonchev–Trinajstić information content (AvgIpc) is 2.90. The monoisotopic (exact) mass is 372 g/mol. The number of amides is 1. The Kier molecular flexibility index (Phi) is 5.67. The lowest BCUT2D eigenvalue weighted by Gasteiger charge is -2.26. The third kappa shape index (κ3) is 3.32. The number of anilines is 1. The molecule has 1 amide bonds. The smallest absolute Gasteiger partial charge is 0.240 e. The number of halogens is 4. The maximum Gasteiger partial charge on any atom is 0.240 e. The molecule has 24 heavy (non-hydrogen) atoms. The Morgan fingerprint density at radius 2 is 1.88 bits per heavy atom. The van der Waals surface area contributed by atoms with Gasteiger partial charge in [-0.25, -0.2) is 8.78 Å². The van der Waals surface area contributed by atoms with Crippen LogP contribution in [0.1, 0.15) is 6.42 Å². The van der Waals surface area contributed by atoms with Gasteiger partial charge < -0.3 is 10.6 Å². The summed E-state index contributed by atoms with van der Waals surface area (Å²) < 4.78 is 28.8. The third-order valence-corrected chi connectivity index (χ3v) is 4.32. The van der Waals surface area contributed by atoms with Crippen LogP contribution < -0.4 is 10.6 Å². The van der Waals surface area contributed by atoms with Crippen molar-refractivity contribution >= 4 is 35.6 Å². The van der Waals surface area contributed by atoms with Gasteiger partial charge in [0.05, 0.1) is 17.3 Å². The molecule has 128 valence electrons. The van der Waals surface area contributed by atoms with Crippen LogP contribution in [0.15, 0.2) is 42.5 Å². The molecule has 1 heterocycles. The Morgan fingerprint density at radius 3 is 2.50 bits per heavy atom. The van der Waals surface area contributed by atoms with Gasteiger partial charge in [0.2, 0.25) is 5.91 Å². The Morgan fingerprint density at radius 1 is 1.21 bits per heavy atom. The van der Waals surface area contributed by atoms with Gasteiger partial charge in [0.25, 0.3) is 0 Å². The van der Waals surface area contributed by atoms with E-state index in [4.69, 9.17) is 17.3 Å². The number of hydrogen-bond acceptors (Lipinski definition) is 2. The van der Waals surface area contributed by atoms with Gasteiger partial charge in [0.1, 0.15) is 12.2 Å². The van der Waals surface area contributed by atoms with Crippen molar-refractivity contribution in [2.75, 3.05) is 11.4 Å². The topological polar surface area (TPSA) is 46.3 Å². The summed E-state index contributed by atoms with van der Waals surface area (Å²) in [6.45, 7) is -0.109. The van der Waals surface area contributed by atoms with E-state index in [1.165, 1.54) is 4.90 Å². The lowest BCUT2D eigenvalue weighted by atomic mass is 10.0. The molecule has 0 saturated carbocycles. The molecule has 1 aliphatic rings. The molecule has 0 spiro atoms. The van der Waals surface area contributed by atoms with E-state index in [2.05, 4.69) is 0 Å². The molecule has 2 aromatic rings. The van der Waals surface area contributed by atoms with E-state index in [1.807, 2.05) is 6.07 Å². The average molecular weight is 373 g/mol.